The lowest BCUT2D eigenvalue weighted by Crippen LogP contribution is -2.12. The Labute approximate surface area is 74.8 Å². The molecule has 13 heavy (non-hydrogen) atoms. The van der Waals surface area contributed by atoms with E-state index in [0.29, 0.717) is 0 Å². The first-order valence-electron chi connectivity index (χ1n) is 3.74. The summed E-state index contributed by atoms with van der Waals surface area (Å²) < 4.78 is 25.2. The molecule has 0 aromatic heterocycles. The Morgan fingerprint density at radius 3 is 2.31 bits per heavy atom. The Balaban J connectivity index is 2.84. The molecular formula is C9H8F2N2. The highest BCUT2D eigenvalue weighted by molar-refractivity contribution is 5.45. The zero-order valence-electron chi connectivity index (χ0n) is 7.01. The van der Waals surface area contributed by atoms with E-state index in [1.54, 1.807) is 6.92 Å². The van der Waals surface area contributed by atoms with Gasteiger partial charge in [0.2, 0.25) is 0 Å². The molecule has 0 radical (unpaired) electrons. The number of hydrogen-bond acceptors (Lipinski definition) is 2. The van der Waals surface area contributed by atoms with Gasteiger partial charge in [0.15, 0.2) is 0 Å². The molecule has 1 N–H and O–H groups in total. The second-order valence-corrected chi connectivity index (χ2v) is 2.65. The molecule has 1 atom stereocenters. The third kappa shape index (κ3) is 2.71. The Bertz CT molecular complexity index is 324. The van der Waals surface area contributed by atoms with E-state index in [4.69, 9.17) is 5.26 Å². The molecule has 0 saturated carbocycles. The van der Waals surface area contributed by atoms with Gasteiger partial charge in [-0.1, -0.05) is 0 Å². The molecular weight excluding hydrogens is 174 g/mol. The highest BCUT2D eigenvalue weighted by atomic mass is 19.1. The molecule has 2 nitrogen and oxygen atoms in total. The smallest absolute Gasteiger partial charge is 0.128 e. The molecule has 0 spiro atoms. The number of anilines is 1. The Kier molecular flexibility index (Phi) is 2.80. The normalized spacial score (nSPS) is 11.8. The molecule has 1 aromatic carbocycles. The molecule has 1 rings (SSSR count). The van der Waals surface area contributed by atoms with Gasteiger partial charge in [-0.15, -0.1) is 0 Å². The first-order chi connectivity index (χ1) is 6.11. The van der Waals surface area contributed by atoms with Crippen LogP contribution in [-0.2, 0) is 0 Å². The SMILES string of the molecule is CC(C#N)Nc1cc(F)cc(F)c1. The first kappa shape index (κ1) is 9.46. The highest BCUT2D eigenvalue weighted by Gasteiger charge is 2.02. The van der Waals surface area contributed by atoms with Crippen LogP contribution in [0.5, 0.6) is 0 Å². The van der Waals surface area contributed by atoms with Crippen LogP contribution in [0.4, 0.5) is 14.5 Å². The first-order valence-corrected chi connectivity index (χ1v) is 3.74. The summed E-state index contributed by atoms with van der Waals surface area (Å²) in [6.45, 7) is 1.60. The number of nitrogens with one attached hydrogen (secondary N) is 1. The minimum absolute atomic E-state index is 0.270. The van der Waals surface area contributed by atoms with E-state index >= 15 is 0 Å². The van der Waals surface area contributed by atoms with Crippen LogP contribution in [0.15, 0.2) is 18.2 Å². The zero-order valence-corrected chi connectivity index (χ0v) is 7.01. The molecule has 0 aliphatic carbocycles. The van der Waals surface area contributed by atoms with Crippen LogP contribution in [-0.4, -0.2) is 6.04 Å². The van der Waals surface area contributed by atoms with Crippen molar-refractivity contribution >= 4 is 5.69 Å². The van der Waals surface area contributed by atoms with Crippen molar-refractivity contribution < 1.29 is 8.78 Å². The van der Waals surface area contributed by atoms with Crippen molar-refractivity contribution in [2.24, 2.45) is 0 Å². The van der Waals surface area contributed by atoms with Crippen molar-refractivity contribution in [2.45, 2.75) is 13.0 Å². The number of rotatable bonds is 2. The quantitative estimate of drug-likeness (QED) is 0.761. The Hall–Kier alpha value is -1.63. The molecule has 68 valence electrons. The van der Waals surface area contributed by atoms with Crippen LogP contribution in [0.3, 0.4) is 0 Å². The predicted molar refractivity (Wildman–Crippen MR) is 45.1 cm³/mol. The van der Waals surface area contributed by atoms with E-state index in [-0.39, 0.29) is 5.69 Å². The summed E-state index contributed by atoms with van der Waals surface area (Å²) >= 11 is 0. The van der Waals surface area contributed by atoms with E-state index < -0.39 is 17.7 Å². The van der Waals surface area contributed by atoms with E-state index in [2.05, 4.69) is 5.32 Å². The molecule has 0 aliphatic heterocycles. The lowest BCUT2D eigenvalue weighted by atomic mass is 10.2. The molecule has 0 heterocycles. The number of nitriles is 1. The monoisotopic (exact) mass is 182 g/mol. The molecule has 4 heteroatoms. The van der Waals surface area contributed by atoms with E-state index in [9.17, 15) is 8.78 Å². The fraction of sp³-hybridized carbons (Fsp3) is 0.222. The minimum Gasteiger partial charge on any atom is -0.370 e. The highest BCUT2D eigenvalue weighted by Crippen LogP contribution is 2.13. The summed E-state index contributed by atoms with van der Waals surface area (Å²) in [4.78, 5) is 0. The summed E-state index contributed by atoms with van der Waals surface area (Å²) in [5.41, 5.74) is 0.270. The van der Waals surface area contributed by atoms with Crippen molar-refractivity contribution in [3.05, 3.63) is 29.8 Å². The molecule has 0 aliphatic rings. The molecule has 0 saturated heterocycles. The van der Waals surface area contributed by atoms with Crippen molar-refractivity contribution in [3.63, 3.8) is 0 Å². The van der Waals surface area contributed by atoms with Gasteiger partial charge in [0.05, 0.1) is 6.07 Å². The van der Waals surface area contributed by atoms with Gasteiger partial charge in [-0.3, -0.25) is 0 Å². The van der Waals surface area contributed by atoms with Crippen LogP contribution in [0.25, 0.3) is 0 Å². The molecule has 1 unspecified atom stereocenters. The average molecular weight is 182 g/mol. The second-order valence-electron chi connectivity index (χ2n) is 2.65. The standard InChI is InChI=1S/C9H8F2N2/c1-6(5-12)13-9-3-7(10)2-8(11)4-9/h2-4,6,13H,1H3. The third-order valence-electron chi connectivity index (χ3n) is 1.44. The van der Waals surface area contributed by atoms with E-state index in [1.807, 2.05) is 6.07 Å². The van der Waals surface area contributed by atoms with Crippen molar-refractivity contribution in [1.29, 1.82) is 5.26 Å². The van der Waals surface area contributed by atoms with Gasteiger partial charge in [-0.25, -0.2) is 8.78 Å². The minimum atomic E-state index is -0.660. The maximum atomic E-state index is 12.6. The Morgan fingerprint density at radius 1 is 1.31 bits per heavy atom. The lowest BCUT2D eigenvalue weighted by Gasteiger charge is -2.07. The number of nitrogens with zero attached hydrogens (tertiary/aromatic N) is 1. The van der Waals surface area contributed by atoms with Gasteiger partial charge in [-0.2, -0.15) is 5.26 Å². The van der Waals surface area contributed by atoms with Crippen LogP contribution < -0.4 is 5.32 Å². The molecule has 0 amide bonds. The second kappa shape index (κ2) is 3.85. The maximum Gasteiger partial charge on any atom is 0.128 e. The zero-order chi connectivity index (χ0) is 9.84. The lowest BCUT2D eigenvalue weighted by molar-refractivity contribution is 0.584. The summed E-state index contributed by atoms with van der Waals surface area (Å²) in [5.74, 6) is -1.32. The predicted octanol–water partition coefficient (Wildman–Crippen LogP) is 2.29. The van der Waals surface area contributed by atoms with Gasteiger partial charge >= 0.3 is 0 Å². The summed E-state index contributed by atoms with van der Waals surface area (Å²) in [6.07, 6.45) is 0. The third-order valence-corrected chi connectivity index (χ3v) is 1.44. The summed E-state index contributed by atoms with van der Waals surface area (Å²) in [6, 6.07) is 4.48. The summed E-state index contributed by atoms with van der Waals surface area (Å²) in [5, 5.41) is 11.1. The van der Waals surface area contributed by atoms with E-state index in [1.165, 1.54) is 0 Å². The van der Waals surface area contributed by atoms with Crippen LogP contribution >= 0.6 is 0 Å². The molecule has 1 aromatic rings. The Morgan fingerprint density at radius 2 is 1.85 bits per heavy atom. The fourth-order valence-corrected chi connectivity index (χ4v) is 0.919. The largest absolute Gasteiger partial charge is 0.370 e. The van der Waals surface area contributed by atoms with Crippen molar-refractivity contribution in [3.8, 4) is 6.07 Å². The average Bonchev–Trinajstić information content (AvgIpc) is 2.02. The number of hydrogen-bond donors (Lipinski definition) is 1. The van der Waals surface area contributed by atoms with Gasteiger partial charge in [0.25, 0.3) is 0 Å². The van der Waals surface area contributed by atoms with Crippen LogP contribution in [0.2, 0.25) is 0 Å². The van der Waals surface area contributed by atoms with Crippen molar-refractivity contribution in [1.82, 2.24) is 0 Å². The van der Waals surface area contributed by atoms with Gasteiger partial charge < -0.3 is 5.32 Å². The molecule has 0 fully saturated rings. The number of benzene rings is 1. The van der Waals surface area contributed by atoms with Crippen LogP contribution in [0, 0.1) is 23.0 Å². The van der Waals surface area contributed by atoms with Crippen molar-refractivity contribution in [2.75, 3.05) is 5.32 Å². The van der Waals surface area contributed by atoms with E-state index in [0.717, 1.165) is 18.2 Å². The maximum absolute atomic E-state index is 12.6. The fourth-order valence-electron chi connectivity index (χ4n) is 0.919. The van der Waals surface area contributed by atoms with Crippen LogP contribution in [0.1, 0.15) is 6.92 Å². The topological polar surface area (TPSA) is 35.8 Å². The molecule has 0 bridgehead atoms. The van der Waals surface area contributed by atoms with Gasteiger partial charge in [0, 0.05) is 11.8 Å². The van der Waals surface area contributed by atoms with Gasteiger partial charge in [0.1, 0.15) is 17.7 Å². The number of halogens is 2. The van der Waals surface area contributed by atoms with Gasteiger partial charge in [-0.05, 0) is 19.1 Å². The summed E-state index contributed by atoms with van der Waals surface area (Å²) in [7, 11) is 0.